The van der Waals surface area contributed by atoms with Gasteiger partial charge in [-0.15, -0.1) is 0 Å². The SMILES string of the molecule is c1ccc(-c2ccc(-n3c4ccccc4c4c(N(c5ccccc5-c5ccccc5)c5ccc6c7c(cccc57)-c5ccccc5-6)cccc43)cc2-c2ccccc2)cc1. The number of hydrogen-bond acceptors (Lipinski definition) is 1. The van der Waals surface area contributed by atoms with Crippen molar-refractivity contribution >= 4 is 49.6 Å². The summed E-state index contributed by atoms with van der Waals surface area (Å²) in [5, 5.41) is 4.95. The Hall–Kier alpha value is -7.94. The molecule has 2 nitrogen and oxygen atoms in total. The third-order valence-corrected chi connectivity index (χ3v) is 12.3. The molecular weight excluding hydrogens is 725 g/mol. The van der Waals surface area contributed by atoms with Gasteiger partial charge < -0.3 is 9.47 Å². The van der Waals surface area contributed by atoms with Gasteiger partial charge in [0.15, 0.2) is 0 Å². The lowest BCUT2D eigenvalue weighted by Gasteiger charge is -2.30. The summed E-state index contributed by atoms with van der Waals surface area (Å²) in [6.45, 7) is 0. The van der Waals surface area contributed by atoms with Crippen molar-refractivity contribution in [3.63, 3.8) is 0 Å². The molecule has 280 valence electrons. The monoisotopic (exact) mass is 762 g/mol. The smallest absolute Gasteiger partial charge is 0.0562 e. The van der Waals surface area contributed by atoms with E-state index in [-0.39, 0.29) is 0 Å². The molecule has 1 heterocycles. The van der Waals surface area contributed by atoms with Crippen LogP contribution in [0.1, 0.15) is 0 Å². The molecule has 2 heteroatoms. The van der Waals surface area contributed by atoms with E-state index in [2.05, 4.69) is 240 Å². The van der Waals surface area contributed by atoms with Gasteiger partial charge in [0.25, 0.3) is 0 Å². The molecule has 0 atom stereocenters. The van der Waals surface area contributed by atoms with Gasteiger partial charge in [-0.3, -0.25) is 0 Å². The predicted molar refractivity (Wildman–Crippen MR) is 254 cm³/mol. The van der Waals surface area contributed by atoms with Crippen molar-refractivity contribution in [3.05, 3.63) is 231 Å². The Bertz CT molecular complexity index is 3390. The Kier molecular flexibility index (Phi) is 7.89. The standard InChI is InChI=1S/C58H38N2/c1-4-18-39(19-5-1)43-35-34-42(38-51(43)41-22-8-3-9-23-41)59-53-31-15-13-27-50(53)58-55(59)32-17-33-56(58)60(52-30-14-12-24-44(52)40-20-6-2-7-21-40)54-37-36-48-46-26-11-10-25-45(46)47-28-16-29-49(54)57(47)48/h1-38H. The molecule has 1 aliphatic rings. The number of hydrogen-bond donors (Lipinski definition) is 0. The molecule has 0 spiro atoms. The molecule has 0 aliphatic heterocycles. The molecule has 10 aromatic carbocycles. The van der Waals surface area contributed by atoms with Crippen LogP contribution in [0.15, 0.2) is 231 Å². The number of benzene rings is 10. The lowest BCUT2D eigenvalue weighted by molar-refractivity contribution is 1.18. The molecule has 0 saturated carbocycles. The minimum atomic E-state index is 1.12. The molecule has 1 aliphatic carbocycles. The summed E-state index contributed by atoms with van der Waals surface area (Å²) in [5.41, 5.74) is 19.2. The van der Waals surface area contributed by atoms with Gasteiger partial charge in [0.2, 0.25) is 0 Å². The highest BCUT2D eigenvalue weighted by Crippen LogP contribution is 2.53. The summed E-state index contributed by atoms with van der Waals surface area (Å²) < 4.78 is 2.46. The summed E-state index contributed by atoms with van der Waals surface area (Å²) >= 11 is 0. The Morgan fingerprint density at radius 1 is 0.267 bits per heavy atom. The van der Waals surface area contributed by atoms with Gasteiger partial charge >= 0.3 is 0 Å². The van der Waals surface area contributed by atoms with E-state index < -0.39 is 0 Å². The lowest BCUT2D eigenvalue weighted by Crippen LogP contribution is -2.12. The molecule has 0 unspecified atom stereocenters. The minimum Gasteiger partial charge on any atom is -0.309 e. The maximum Gasteiger partial charge on any atom is 0.0562 e. The number of nitrogens with zero attached hydrogens (tertiary/aromatic N) is 2. The Balaban J connectivity index is 1.15. The van der Waals surface area contributed by atoms with Crippen LogP contribution in [0.3, 0.4) is 0 Å². The van der Waals surface area contributed by atoms with E-state index in [1.807, 2.05) is 0 Å². The van der Waals surface area contributed by atoms with Crippen LogP contribution in [0.2, 0.25) is 0 Å². The van der Waals surface area contributed by atoms with E-state index in [0.717, 1.165) is 28.3 Å². The highest BCUT2D eigenvalue weighted by atomic mass is 15.2. The fourth-order valence-electron chi connectivity index (χ4n) is 9.77. The number of fused-ring (bicyclic) bond motifs is 6. The first-order valence-corrected chi connectivity index (χ1v) is 20.7. The highest BCUT2D eigenvalue weighted by Gasteiger charge is 2.28. The summed E-state index contributed by atoms with van der Waals surface area (Å²) in [5.74, 6) is 0. The molecule has 0 bridgehead atoms. The number of rotatable bonds is 7. The maximum atomic E-state index is 2.53. The molecule has 0 N–H and O–H groups in total. The molecule has 12 rings (SSSR count). The lowest BCUT2D eigenvalue weighted by atomic mass is 9.94. The van der Waals surface area contributed by atoms with Crippen molar-refractivity contribution in [2.24, 2.45) is 0 Å². The number of aromatic nitrogens is 1. The second-order valence-corrected chi connectivity index (χ2v) is 15.6. The first kappa shape index (κ1) is 34.1. The van der Waals surface area contributed by atoms with Gasteiger partial charge in [0.1, 0.15) is 0 Å². The average Bonchev–Trinajstić information content (AvgIpc) is 3.85. The molecular formula is C58H38N2. The molecule has 11 aromatic rings. The van der Waals surface area contributed by atoms with Crippen molar-refractivity contribution in [2.45, 2.75) is 0 Å². The topological polar surface area (TPSA) is 8.17 Å². The second-order valence-electron chi connectivity index (χ2n) is 15.6. The van der Waals surface area contributed by atoms with Crippen molar-refractivity contribution in [1.82, 2.24) is 4.57 Å². The molecule has 0 amide bonds. The average molecular weight is 763 g/mol. The zero-order valence-electron chi connectivity index (χ0n) is 32.8. The van der Waals surface area contributed by atoms with Crippen LogP contribution in [-0.2, 0) is 0 Å². The van der Waals surface area contributed by atoms with Crippen molar-refractivity contribution in [3.8, 4) is 61.3 Å². The first-order valence-electron chi connectivity index (χ1n) is 20.7. The summed E-state index contributed by atoms with van der Waals surface area (Å²) in [6.07, 6.45) is 0. The molecule has 1 aromatic heterocycles. The fraction of sp³-hybridized carbons (Fsp3) is 0. The van der Waals surface area contributed by atoms with Gasteiger partial charge in [-0.05, 0) is 97.9 Å². The van der Waals surface area contributed by atoms with E-state index in [0.29, 0.717) is 0 Å². The Morgan fingerprint density at radius 2 is 0.767 bits per heavy atom. The Labute approximate surface area is 349 Å². The quantitative estimate of drug-likeness (QED) is 0.157. The van der Waals surface area contributed by atoms with Crippen molar-refractivity contribution in [2.75, 3.05) is 4.90 Å². The maximum absolute atomic E-state index is 2.53. The van der Waals surface area contributed by atoms with Gasteiger partial charge in [-0.1, -0.05) is 188 Å². The van der Waals surface area contributed by atoms with Crippen LogP contribution < -0.4 is 4.90 Å². The Morgan fingerprint density at radius 3 is 1.50 bits per heavy atom. The van der Waals surface area contributed by atoms with Gasteiger partial charge in [-0.2, -0.15) is 0 Å². The normalized spacial score (nSPS) is 11.7. The van der Waals surface area contributed by atoms with E-state index >= 15 is 0 Å². The zero-order chi connectivity index (χ0) is 39.6. The second kappa shape index (κ2) is 13.9. The van der Waals surface area contributed by atoms with Crippen LogP contribution >= 0.6 is 0 Å². The third-order valence-electron chi connectivity index (χ3n) is 12.3. The van der Waals surface area contributed by atoms with Gasteiger partial charge in [0, 0.05) is 27.4 Å². The largest absolute Gasteiger partial charge is 0.309 e. The van der Waals surface area contributed by atoms with Crippen LogP contribution in [0.4, 0.5) is 17.1 Å². The van der Waals surface area contributed by atoms with Crippen LogP contribution in [0.5, 0.6) is 0 Å². The van der Waals surface area contributed by atoms with Gasteiger partial charge in [-0.25, -0.2) is 0 Å². The van der Waals surface area contributed by atoms with Gasteiger partial charge in [0.05, 0.1) is 28.1 Å². The third kappa shape index (κ3) is 5.28. The van der Waals surface area contributed by atoms with Crippen molar-refractivity contribution in [1.29, 1.82) is 0 Å². The van der Waals surface area contributed by atoms with E-state index in [4.69, 9.17) is 0 Å². The van der Waals surface area contributed by atoms with Crippen LogP contribution in [0, 0.1) is 0 Å². The molecule has 0 fully saturated rings. The van der Waals surface area contributed by atoms with Crippen LogP contribution in [-0.4, -0.2) is 4.57 Å². The number of para-hydroxylation sites is 2. The van der Waals surface area contributed by atoms with E-state index in [9.17, 15) is 0 Å². The fourth-order valence-corrected chi connectivity index (χ4v) is 9.77. The zero-order valence-corrected chi connectivity index (χ0v) is 32.8. The predicted octanol–water partition coefficient (Wildman–Crippen LogP) is 16.1. The minimum absolute atomic E-state index is 1.12. The molecule has 0 radical (unpaired) electrons. The first-order chi connectivity index (χ1) is 29.8. The van der Waals surface area contributed by atoms with E-state index in [1.165, 1.54) is 82.7 Å². The molecule has 60 heavy (non-hydrogen) atoms. The van der Waals surface area contributed by atoms with Crippen molar-refractivity contribution < 1.29 is 0 Å². The molecule has 0 saturated heterocycles. The highest BCUT2D eigenvalue weighted by molar-refractivity contribution is 6.22. The van der Waals surface area contributed by atoms with E-state index in [1.54, 1.807) is 0 Å². The van der Waals surface area contributed by atoms with Crippen LogP contribution in [0.25, 0.3) is 93.9 Å². The summed E-state index contributed by atoms with van der Waals surface area (Å²) in [7, 11) is 0. The number of anilines is 3. The summed E-state index contributed by atoms with van der Waals surface area (Å²) in [6, 6.07) is 84.2. The summed E-state index contributed by atoms with van der Waals surface area (Å²) in [4.78, 5) is 2.53.